The van der Waals surface area contributed by atoms with Crippen molar-refractivity contribution in [1.82, 2.24) is 20.5 Å². The molecule has 0 spiro atoms. The Morgan fingerprint density at radius 2 is 1.78 bits per heavy atom. The first-order chi connectivity index (χ1) is 17.4. The van der Waals surface area contributed by atoms with Crippen molar-refractivity contribution >= 4 is 40.9 Å². The minimum absolute atomic E-state index is 0.208. The molecule has 2 N–H and O–H groups in total. The number of hydrogen-bond donors (Lipinski definition) is 2. The van der Waals surface area contributed by atoms with Gasteiger partial charge in [-0.2, -0.15) is 0 Å². The summed E-state index contributed by atoms with van der Waals surface area (Å²) in [7, 11) is 0. The van der Waals surface area contributed by atoms with E-state index in [-0.39, 0.29) is 28.8 Å². The van der Waals surface area contributed by atoms with Crippen LogP contribution in [0.4, 0.5) is 0 Å². The molecular formula is C27H26Cl2N4O3. The van der Waals surface area contributed by atoms with Crippen molar-refractivity contribution in [2.24, 2.45) is 0 Å². The smallest absolute Gasteiger partial charge is 0.251 e. The quantitative estimate of drug-likeness (QED) is 0.465. The van der Waals surface area contributed by atoms with Gasteiger partial charge in [0, 0.05) is 37.5 Å². The first kappa shape index (κ1) is 25.7. The molecule has 0 bridgehead atoms. The van der Waals surface area contributed by atoms with Gasteiger partial charge in [-0.3, -0.25) is 19.4 Å². The Balaban J connectivity index is 1.50. The monoisotopic (exact) mass is 524 g/mol. The van der Waals surface area contributed by atoms with Crippen LogP contribution >= 0.6 is 23.2 Å². The van der Waals surface area contributed by atoms with E-state index in [1.165, 1.54) is 12.1 Å². The fourth-order valence-electron chi connectivity index (χ4n) is 4.24. The van der Waals surface area contributed by atoms with Gasteiger partial charge >= 0.3 is 0 Å². The minimum atomic E-state index is -0.890. The molecule has 2 heterocycles. The predicted octanol–water partition coefficient (Wildman–Crippen LogP) is 4.04. The van der Waals surface area contributed by atoms with Gasteiger partial charge in [0.15, 0.2) is 0 Å². The lowest BCUT2D eigenvalue weighted by molar-refractivity contribution is -0.139. The summed E-state index contributed by atoms with van der Waals surface area (Å²) < 4.78 is 0. The van der Waals surface area contributed by atoms with Crippen LogP contribution in [0.15, 0.2) is 73.1 Å². The lowest BCUT2D eigenvalue weighted by Crippen LogP contribution is -2.54. The summed E-state index contributed by atoms with van der Waals surface area (Å²) in [6.07, 6.45) is 4.79. The molecule has 3 aromatic rings. The van der Waals surface area contributed by atoms with E-state index in [0.29, 0.717) is 31.0 Å². The van der Waals surface area contributed by atoms with Crippen LogP contribution in [0.25, 0.3) is 0 Å². The average molecular weight is 525 g/mol. The summed E-state index contributed by atoms with van der Waals surface area (Å²) in [5.41, 5.74) is 2.05. The SMILES string of the molecule is O=C(N[C@@H](Cc1cccnc1)C(=O)N1CCC[C@H]1C(=O)NCc1ccccc1)c1ccc(Cl)c(Cl)c1. The Morgan fingerprint density at radius 1 is 1.00 bits per heavy atom. The first-order valence-corrected chi connectivity index (χ1v) is 12.4. The van der Waals surface area contributed by atoms with Crippen LogP contribution in [0.5, 0.6) is 0 Å². The van der Waals surface area contributed by atoms with E-state index < -0.39 is 18.0 Å². The maximum absolute atomic E-state index is 13.7. The van der Waals surface area contributed by atoms with Gasteiger partial charge in [-0.15, -0.1) is 0 Å². The van der Waals surface area contributed by atoms with Gasteiger partial charge in [0.2, 0.25) is 11.8 Å². The van der Waals surface area contributed by atoms with Crippen molar-refractivity contribution in [3.63, 3.8) is 0 Å². The number of carbonyl (C=O) groups excluding carboxylic acids is 3. The number of pyridine rings is 1. The van der Waals surface area contributed by atoms with Crippen molar-refractivity contribution in [3.8, 4) is 0 Å². The highest BCUT2D eigenvalue weighted by Gasteiger charge is 2.37. The fourth-order valence-corrected chi connectivity index (χ4v) is 4.54. The van der Waals surface area contributed by atoms with Gasteiger partial charge in [-0.25, -0.2) is 0 Å². The second-order valence-electron chi connectivity index (χ2n) is 8.61. The van der Waals surface area contributed by atoms with E-state index in [2.05, 4.69) is 15.6 Å². The molecule has 2 aromatic carbocycles. The van der Waals surface area contributed by atoms with Gasteiger partial charge in [0.1, 0.15) is 12.1 Å². The van der Waals surface area contributed by atoms with Gasteiger partial charge < -0.3 is 15.5 Å². The molecule has 0 aliphatic carbocycles. The zero-order valence-electron chi connectivity index (χ0n) is 19.5. The molecule has 9 heteroatoms. The summed E-state index contributed by atoms with van der Waals surface area (Å²) in [6, 6.07) is 16.3. The molecule has 36 heavy (non-hydrogen) atoms. The van der Waals surface area contributed by atoms with E-state index in [1.807, 2.05) is 36.4 Å². The Labute approximate surface area is 219 Å². The molecule has 1 saturated heterocycles. The second-order valence-corrected chi connectivity index (χ2v) is 9.43. The lowest BCUT2D eigenvalue weighted by atomic mass is 10.0. The minimum Gasteiger partial charge on any atom is -0.350 e. The van der Waals surface area contributed by atoms with E-state index in [4.69, 9.17) is 23.2 Å². The molecular weight excluding hydrogens is 499 g/mol. The Bertz CT molecular complexity index is 1220. The largest absolute Gasteiger partial charge is 0.350 e. The predicted molar refractivity (Wildman–Crippen MR) is 139 cm³/mol. The molecule has 0 radical (unpaired) electrons. The van der Waals surface area contributed by atoms with Crippen molar-refractivity contribution in [3.05, 3.63) is 99.8 Å². The van der Waals surface area contributed by atoms with Crippen molar-refractivity contribution in [2.45, 2.75) is 37.9 Å². The number of aromatic nitrogens is 1. The molecule has 1 fully saturated rings. The summed E-state index contributed by atoms with van der Waals surface area (Å²) in [4.78, 5) is 45.4. The third kappa shape index (κ3) is 6.42. The Kier molecular flexibility index (Phi) is 8.57. The number of carbonyl (C=O) groups is 3. The lowest BCUT2D eigenvalue weighted by Gasteiger charge is -2.29. The van der Waals surface area contributed by atoms with Gasteiger partial charge in [0.25, 0.3) is 5.91 Å². The van der Waals surface area contributed by atoms with Crippen LogP contribution in [0.2, 0.25) is 10.0 Å². The van der Waals surface area contributed by atoms with Crippen LogP contribution < -0.4 is 10.6 Å². The van der Waals surface area contributed by atoms with Crippen LogP contribution in [0, 0.1) is 0 Å². The van der Waals surface area contributed by atoms with E-state index in [9.17, 15) is 14.4 Å². The number of halogens is 2. The van der Waals surface area contributed by atoms with E-state index in [0.717, 1.165) is 11.1 Å². The highest BCUT2D eigenvalue weighted by atomic mass is 35.5. The van der Waals surface area contributed by atoms with Crippen LogP contribution in [0.3, 0.4) is 0 Å². The molecule has 0 saturated carbocycles. The number of hydrogen-bond acceptors (Lipinski definition) is 4. The fraction of sp³-hybridized carbons (Fsp3) is 0.259. The third-order valence-electron chi connectivity index (χ3n) is 6.10. The zero-order chi connectivity index (χ0) is 25.5. The van der Waals surface area contributed by atoms with Crippen molar-refractivity contribution in [2.75, 3.05) is 6.54 Å². The number of nitrogens with zero attached hydrogens (tertiary/aromatic N) is 2. The summed E-state index contributed by atoms with van der Waals surface area (Å²) >= 11 is 12.1. The molecule has 1 aliphatic heterocycles. The van der Waals surface area contributed by atoms with Gasteiger partial charge in [0.05, 0.1) is 10.0 Å². The standard InChI is InChI=1S/C27H26Cl2N4O3/c28-21-11-10-20(15-22(21)29)25(34)32-23(14-19-8-4-12-30-16-19)27(36)33-13-5-9-24(33)26(35)31-17-18-6-2-1-3-7-18/h1-4,6-8,10-12,15-16,23-24H,5,9,13-14,17H2,(H,31,35)(H,32,34)/t23-,24-/m0/s1. The van der Waals surface area contributed by atoms with Gasteiger partial charge in [-0.1, -0.05) is 59.6 Å². The number of nitrogens with one attached hydrogen (secondary N) is 2. The summed E-state index contributed by atoms with van der Waals surface area (Å²) in [6.45, 7) is 0.819. The third-order valence-corrected chi connectivity index (χ3v) is 6.83. The van der Waals surface area contributed by atoms with Crippen LogP contribution in [0.1, 0.15) is 34.3 Å². The highest BCUT2D eigenvalue weighted by Crippen LogP contribution is 2.23. The first-order valence-electron chi connectivity index (χ1n) is 11.7. The second kappa shape index (κ2) is 12.0. The molecule has 7 nitrogen and oxygen atoms in total. The van der Waals surface area contributed by atoms with Crippen LogP contribution in [-0.4, -0.2) is 46.2 Å². The molecule has 1 aromatic heterocycles. The number of likely N-dealkylation sites (tertiary alicyclic amines) is 1. The molecule has 0 unspecified atom stereocenters. The van der Waals surface area contributed by atoms with Crippen LogP contribution in [-0.2, 0) is 22.6 Å². The maximum Gasteiger partial charge on any atom is 0.251 e. The Hall–Kier alpha value is -3.42. The molecule has 2 atom stereocenters. The average Bonchev–Trinajstić information content (AvgIpc) is 3.39. The summed E-state index contributed by atoms with van der Waals surface area (Å²) in [5, 5.41) is 6.34. The zero-order valence-corrected chi connectivity index (χ0v) is 21.0. The Morgan fingerprint density at radius 3 is 2.50 bits per heavy atom. The van der Waals surface area contributed by atoms with E-state index >= 15 is 0 Å². The maximum atomic E-state index is 13.7. The van der Waals surface area contributed by atoms with Crippen molar-refractivity contribution < 1.29 is 14.4 Å². The molecule has 1 aliphatic rings. The number of rotatable bonds is 8. The molecule has 186 valence electrons. The topological polar surface area (TPSA) is 91.4 Å². The van der Waals surface area contributed by atoms with Gasteiger partial charge in [-0.05, 0) is 48.2 Å². The number of amides is 3. The summed E-state index contributed by atoms with van der Waals surface area (Å²) in [5.74, 6) is -0.981. The molecule has 3 amide bonds. The number of benzene rings is 2. The normalized spacial score (nSPS) is 15.8. The van der Waals surface area contributed by atoms with E-state index in [1.54, 1.807) is 29.4 Å². The highest BCUT2D eigenvalue weighted by molar-refractivity contribution is 6.42. The van der Waals surface area contributed by atoms with Crippen molar-refractivity contribution in [1.29, 1.82) is 0 Å². The molecule has 4 rings (SSSR count).